The van der Waals surface area contributed by atoms with Gasteiger partial charge in [-0.1, -0.05) is 53.4 Å². The maximum atomic E-state index is 2.33. The summed E-state index contributed by atoms with van der Waals surface area (Å²) >= 11 is 4.36. The number of hydrogen-bond donors (Lipinski definition) is 0. The van der Waals surface area contributed by atoms with Gasteiger partial charge in [0, 0.05) is 0 Å². The Morgan fingerprint density at radius 2 is 0.800 bits per heavy atom. The monoisotopic (exact) mass is 559 g/mol. The molecule has 0 unspecified atom stereocenters. The van der Waals surface area contributed by atoms with E-state index < -0.39 is 0 Å². The SMILES string of the molecule is CCCC[N+](CCCC)(CCCC)CCCC.[I][Cu][I]. The van der Waals surface area contributed by atoms with Gasteiger partial charge < -0.3 is 4.48 Å². The van der Waals surface area contributed by atoms with E-state index in [1.54, 1.807) is 8.46 Å². The Morgan fingerprint density at radius 3 is 0.950 bits per heavy atom. The number of quaternary nitrogens is 1. The van der Waals surface area contributed by atoms with Crippen molar-refractivity contribution in [2.75, 3.05) is 26.2 Å². The number of nitrogens with zero attached hydrogens (tertiary/aromatic N) is 1. The molecule has 0 fully saturated rings. The summed E-state index contributed by atoms with van der Waals surface area (Å²) in [4.78, 5) is 0. The molecule has 1 nitrogen and oxygen atoms in total. The van der Waals surface area contributed by atoms with Crippen molar-refractivity contribution in [3.63, 3.8) is 0 Å². The maximum absolute atomic E-state index is 2.33. The van der Waals surface area contributed by atoms with Crippen molar-refractivity contribution in [1.82, 2.24) is 0 Å². The molecule has 0 aromatic carbocycles. The van der Waals surface area contributed by atoms with Gasteiger partial charge in [0.2, 0.25) is 0 Å². The normalized spacial score (nSPS) is 11.3. The molecule has 0 aromatic heterocycles. The van der Waals surface area contributed by atoms with Crippen LogP contribution >= 0.6 is 40.7 Å². The molecule has 129 valence electrons. The average molecular weight is 560 g/mol. The molecule has 0 saturated heterocycles. The Kier molecular flexibility index (Phi) is 23.0. The molecule has 4 heteroatoms. The first-order chi connectivity index (χ1) is 9.66. The van der Waals surface area contributed by atoms with Crippen molar-refractivity contribution in [2.24, 2.45) is 0 Å². The number of unbranched alkanes of at least 4 members (excludes halogenated alkanes) is 4. The minimum absolute atomic E-state index is 1.35. The molecule has 0 aliphatic rings. The van der Waals surface area contributed by atoms with Crippen molar-refractivity contribution < 1.29 is 12.9 Å². The molecule has 0 aliphatic carbocycles. The number of halogens is 2. The quantitative estimate of drug-likeness (QED) is 0.141. The summed E-state index contributed by atoms with van der Waals surface area (Å²) in [6.45, 7) is 15.0. The van der Waals surface area contributed by atoms with E-state index in [0.29, 0.717) is 0 Å². The van der Waals surface area contributed by atoms with Crippen LogP contribution in [0.25, 0.3) is 0 Å². The third-order valence-corrected chi connectivity index (χ3v) is 3.94. The van der Waals surface area contributed by atoms with Crippen LogP contribution in [0.15, 0.2) is 0 Å². The predicted molar refractivity (Wildman–Crippen MR) is 107 cm³/mol. The minimum atomic E-state index is 1.35. The fourth-order valence-corrected chi connectivity index (χ4v) is 2.64. The zero-order valence-electron chi connectivity index (χ0n) is 14.0. The Hall–Kier alpha value is 1.94. The number of hydrogen-bond acceptors (Lipinski definition) is 0. The molecule has 0 spiro atoms. The summed E-state index contributed by atoms with van der Waals surface area (Å²) in [5.74, 6) is 0. The second-order valence-corrected chi connectivity index (χ2v) is 13.6. The van der Waals surface area contributed by atoms with Gasteiger partial charge in [0.1, 0.15) is 0 Å². The van der Waals surface area contributed by atoms with Crippen molar-refractivity contribution in [3.8, 4) is 0 Å². The Labute approximate surface area is 157 Å². The van der Waals surface area contributed by atoms with E-state index in [4.69, 9.17) is 0 Å². The third-order valence-electron chi connectivity index (χ3n) is 3.94. The molecule has 0 rings (SSSR count). The van der Waals surface area contributed by atoms with Crippen molar-refractivity contribution in [2.45, 2.75) is 79.1 Å². The van der Waals surface area contributed by atoms with Gasteiger partial charge in [-0.15, -0.1) is 0 Å². The van der Waals surface area contributed by atoms with Gasteiger partial charge in [0.25, 0.3) is 0 Å². The first-order valence-corrected chi connectivity index (χ1v) is 14.4. The van der Waals surface area contributed by atoms with E-state index in [9.17, 15) is 0 Å². The molecule has 20 heavy (non-hydrogen) atoms. The summed E-state index contributed by atoms with van der Waals surface area (Å²) in [6.07, 6.45) is 11.1. The van der Waals surface area contributed by atoms with Crippen LogP contribution in [0.5, 0.6) is 0 Å². The van der Waals surface area contributed by atoms with Crippen LogP contribution < -0.4 is 0 Å². The van der Waals surface area contributed by atoms with Gasteiger partial charge >= 0.3 is 49.1 Å². The molecule has 0 heterocycles. The Morgan fingerprint density at radius 1 is 0.600 bits per heavy atom. The molecule has 0 saturated carbocycles. The second kappa shape index (κ2) is 19.0. The van der Waals surface area contributed by atoms with Crippen molar-refractivity contribution in [1.29, 1.82) is 0 Å². The molecule has 0 N–H and O–H groups in total. The second-order valence-electron chi connectivity index (χ2n) is 5.69. The summed E-state index contributed by atoms with van der Waals surface area (Å²) in [6, 6.07) is 0. The predicted octanol–water partition coefficient (Wildman–Crippen LogP) is 6.77. The van der Waals surface area contributed by atoms with Crippen LogP contribution in [0, 0.1) is 0 Å². The van der Waals surface area contributed by atoms with Gasteiger partial charge in [-0.05, 0) is 25.7 Å². The van der Waals surface area contributed by atoms with Crippen LogP contribution in [-0.2, 0) is 8.46 Å². The molecule has 0 atom stereocenters. The zero-order chi connectivity index (χ0) is 15.7. The van der Waals surface area contributed by atoms with Crippen LogP contribution in [0.4, 0.5) is 0 Å². The van der Waals surface area contributed by atoms with Gasteiger partial charge in [-0.25, -0.2) is 0 Å². The molecular weight excluding hydrogens is 524 g/mol. The van der Waals surface area contributed by atoms with Crippen molar-refractivity contribution in [3.05, 3.63) is 0 Å². The van der Waals surface area contributed by atoms with Crippen LogP contribution in [0.2, 0.25) is 0 Å². The first-order valence-electron chi connectivity index (χ1n) is 8.32. The summed E-state index contributed by atoms with van der Waals surface area (Å²) in [7, 11) is 1.75. The van der Waals surface area contributed by atoms with Gasteiger partial charge in [0.05, 0.1) is 26.2 Å². The average Bonchev–Trinajstić information content (AvgIpc) is 2.46. The van der Waals surface area contributed by atoms with Gasteiger partial charge in [-0.3, -0.25) is 0 Å². The van der Waals surface area contributed by atoms with Crippen LogP contribution in [0.1, 0.15) is 79.1 Å². The van der Waals surface area contributed by atoms with E-state index in [1.807, 2.05) is 0 Å². The van der Waals surface area contributed by atoms with E-state index in [0.717, 1.165) is 0 Å². The van der Waals surface area contributed by atoms with Gasteiger partial charge in [0.15, 0.2) is 0 Å². The summed E-state index contributed by atoms with van der Waals surface area (Å²) in [5.41, 5.74) is 0. The Bertz CT molecular complexity index is 142. The topological polar surface area (TPSA) is 0 Å². The molecule has 0 bridgehead atoms. The first kappa shape index (κ1) is 24.2. The van der Waals surface area contributed by atoms with E-state index in [2.05, 4.69) is 68.4 Å². The zero-order valence-corrected chi connectivity index (χ0v) is 19.2. The van der Waals surface area contributed by atoms with Crippen LogP contribution in [0.3, 0.4) is 0 Å². The fourth-order valence-electron chi connectivity index (χ4n) is 2.64. The summed E-state index contributed by atoms with van der Waals surface area (Å²) in [5, 5.41) is 0. The molecule has 0 amide bonds. The van der Waals surface area contributed by atoms with Crippen LogP contribution in [-0.4, -0.2) is 30.7 Å². The summed E-state index contributed by atoms with van der Waals surface area (Å²) < 4.78 is 1.42. The molecular formula is C16H36CuI2N+. The Balaban J connectivity index is 0. The van der Waals surface area contributed by atoms with Crippen molar-refractivity contribution >= 4 is 40.7 Å². The molecule has 0 radical (unpaired) electrons. The van der Waals surface area contributed by atoms with E-state index in [-0.39, 0.29) is 0 Å². The molecule has 0 aliphatic heterocycles. The standard InChI is InChI=1S/C16H36N.Cu.2HI/c1-5-9-13-17(14-10-6-2,15-11-7-3)16-12-8-4;;;/h5-16H2,1-4H3;;2*1H/q+1;+2;;/p-2. The molecule has 0 aromatic rings. The third kappa shape index (κ3) is 14.9. The van der Waals surface area contributed by atoms with E-state index >= 15 is 0 Å². The van der Waals surface area contributed by atoms with Gasteiger partial charge in [-0.2, -0.15) is 0 Å². The fraction of sp³-hybridized carbons (Fsp3) is 1.00. The number of rotatable bonds is 12. The van der Waals surface area contributed by atoms with E-state index in [1.165, 1.54) is 82.0 Å².